The van der Waals surface area contributed by atoms with Crippen molar-refractivity contribution < 1.29 is 19.8 Å². The Hall–Kier alpha value is -1.14. The summed E-state index contributed by atoms with van der Waals surface area (Å²) in [6.07, 6.45) is 37.7. The molecule has 0 aliphatic carbocycles. The van der Waals surface area contributed by atoms with E-state index in [2.05, 4.69) is 0 Å². The topological polar surface area (TPSA) is 127 Å². The fourth-order valence-electron chi connectivity index (χ4n) is 5.26. The molecule has 0 unspecified atom stereocenters. The molecule has 0 radical (unpaired) electrons. The van der Waals surface area contributed by atoms with Crippen LogP contribution in [-0.2, 0) is 9.59 Å². The quantitative estimate of drug-likeness (QED) is 0.0568. The molecular weight excluding hydrogens is 512 g/mol. The number of hydrogen-bond acceptors (Lipinski definition) is 4. The predicted molar refractivity (Wildman–Crippen MR) is 177 cm³/mol. The fraction of sp³-hybridized carbons (Fsp3) is 0.943. The van der Waals surface area contributed by atoms with E-state index in [1.807, 2.05) is 0 Å². The maximum absolute atomic E-state index is 10.4. The van der Waals surface area contributed by atoms with E-state index >= 15 is 0 Å². The number of carboxylic acids is 2. The summed E-state index contributed by atoms with van der Waals surface area (Å²) in [5.74, 6) is -1.33. The van der Waals surface area contributed by atoms with Gasteiger partial charge in [0.25, 0.3) is 0 Å². The van der Waals surface area contributed by atoms with E-state index in [1.54, 1.807) is 0 Å². The van der Waals surface area contributed by atoms with Gasteiger partial charge in [0.05, 0.1) is 0 Å². The molecule has 0 aromatic carbocycles. The van der Waals surface area contributed by atoms with Crippen LogP contribution in [0, 0.1) is 0 Å². The van der Waals surface area contributed by atoms with Crippen LogP contribution in [0.25, 0.3) is 0 Å². The molecule has 0 aliphatic heterocycles. The van der Waals surface area contributed by atoms with Crippen molar-refractivity contribution in [1.29, 1.82) is 0 Å². The Morgan fingerprint density at radius 1 is 0.293 bits per heavy atom. The first-order chi connectivity index (χ1) is 20.0. The SMILES string of the molecule is NCCCCCCCCCCCCN.O=C(O)CCCCCCCCCCCCCCCCCCCCCC(=O)O. The molecule has 0 aliphatic rings. The molecular formula is C35H72N2O4. The van der Waals surface area contributed by atoms with E-state index in [9.17, 15) is 9.59 Å². The molecule has 6 heteroatoms. The maximum atomic E-state index is 10.4. The van der Waals surface area contributed by atoms with Crippen LogP contribution >= 0.6 is 0 Å². The summed E-state index contributed by atoms with van der Waals surface area (Å²) < 4.78 is 0. The average Bonchev–Trinajstić information content (AvgIpc) is 2.95. The van der Waals surface area contributed by atoms with Crippen LogP contribution in [0.4, 0.5) is 0 Å². The van der Waals surface area contributed by atoms with Gasteiger partial charge in [0.15, 0.2) is 0 Å². The van der Waals surface area contributed by atoms with E-state index in [1.165, 1.54) is 161 Å². The van der Waals surface area contributed by atoms with Gasteiger partial charge in [-0.15, -0.1) is 0 Å². The molecule has 0 amide bonds. The number of nitrogens with two attached hydrogens (primary N) is 2. The van der Waals surface area contributed by atoms with Crippen molar-refractivity contribution in [3.8, 4) is 0 Å². The third-order valence-electron chi connectivity index (χ3n) is 7.94. The Balaban J connectivity index is 0. The Kier molecular flexibility index (Phi) is 39.8. The van der Waals surface area contributed by atoms with E-state index in [-0.39, 0.29) is 0 Å². The van der Waals surface area contributed by atoms with E-state index in [0.717, 1.165) is 38.8 Å². The summed E-state index contributed by atoms with van der Waals surface area (Å²) in [4.78, 5) is 20.8. The summed E-state index contributed by atoms with van der Waals surface area (Å²) in [7, 11) is 0. The third kappa shape index (κ3) is 46.1. The minimum Gasteiger partial charge on any atom is -0.481 e. The van der Waals surface area contributed by atoms with Crippen molar-refractivity contribution in [1.82, 2.24) is 0 Å². The van der Waals surface area contributed by atoms with Crippen molar-refractivity contribution in [3.05, 3.63) is 0 Å². The second kappa shape index (κ2) is 38.9. The van der Waals surface area contributed by atoms with Gasteiger partial charge in [0, 0.05) is 12.8 Å². The van der Waals surface area contributed by atoms with Gasteiger partial charge in [-0.1, -0.05) is 161 Å². The number of rotatable bonds is 33. The number of unbranched alkanes of at least 4 members (excludes halogenated alkanes) is 27. The molecule has 0 bridgehead atoms. The first-order valence-electron chi connectivity index (χ1n) is 17.9. The van der Waals surface area contributed by atoms with E-state index < -0.39 is 11.9 Å². The molecule has 0 atom stereocenters. The van der Waals surface area contributed by atoms with Crippen LogP contribution in [0.15, 0.2) is 0 Å². The Morgan fingerprint density at radius 2 is 0.439 bits per heavy atom. The molecule has 0 aromatic heterocycles. The summed E-state index contributed by atoms with van der Waals surface area (Å²) in [6, 6.07) is 0. The van der Waals surface area contributed by atoms with Gasteiger partial charge in [-0.25, -0.2) is 0 Å². The van der Waals surface area contributed by atoms with E-state index in [0.29, 0.717) is 12.8 Å². The largest absolute Gasteiger partial charge is 0.481 e. The van der Waals surface area contributed by atoms with Crippen molar-refractivity contribution >= 4 is 11.9 Å². The molecule has 6 nitrogen and oxygen atoms in total. The standard InChI is InChI=1S/C23H44O4.C12H28N2/c24-22(25)20-18-16-14-12-10-8-6-4-2-1-3-5-7-9-11-13-15-17-19-21-23(26)27;13-11-9-7-5-3-1-2-4-6-8-10-12-14/h1-21H2,(H,24,25)(H,26,27);1-14H2. The van der Waals surface area contributed by atoms with Crippen LogP contribution < -0.4 is 11.5 Å². The number of carboxylic acid groups (broad SMARTS) is 2. The molecule has 0 heterocycles. The third-order valence-corrected chi connectivity index (χ3v) is 7.94. The zero-order valence-corrected chi connectivity index (χ0v) is 27.2. The summed E-state index contributed by atoms with van der Waals surface area (Å²) in [5.41, 5.74) is 10.9. The Morgan fingerprint density at radius 3 is 0.585 bits per heavy atom. The average molecular weight is 585 g/mol. The molecule has 0 rings (SSSR count). The van der Waals surface area contributed by atoms with Crippen LogP contribution in [-0.4, -0.2) is 35.2 Å². The lowest BCUT2D eigenvalue weighted by Crippen LogP contribution is -1.97. The first kappa shape index (κ1) is 42.0. The van der Waals surface area contributed by atoms with Crippen LogP contribution in [0.3, 0.4) is 0 Å². The highest BCUT2D eigenvalue weighted by Gasteiger charge is 1.98. The molecule has 0 aromatic rings. The molecule has 246 valence electrons. The van der Waals surface area contributed by atoms with E-state index in [4.69, 9.17) is 21.7 Å². The van der Waals surface area contributed by atoms with Crippen LogP contribution in [0.1, 0.15) is 199 Å². The fourth-order valence-corrected chi connectivity index (χ4v) is 5.26. The molecule has 0 fully saturated rings. The Labute approximate surface area is 255 Å². The summed E-state index contributed by atoms with van der Waals surface area (Å²) >= 11 is 0. The van der Waals surface area contributed by atoms with Crippen LogP contribution in [0.5, 0.6) is 0 Å². The zero-order chi connectivity index (χ0) is 30.5. The minimum atomic E-state index is -0.667. The monoisotopic (exact) mass is 585 g/mol. The molecule has 0 saturated carbocycles. The maximum Gasteiger partial charge on any atom is 0.303 e. The van der Waals surface area contributed by atoms with Gasteiger partial charge >= 0.3 is 11.9 Å². The van der Waals surface area contributed by atoms with Gasteiger partial charge < -0.3 is 21.7 Å². The van der Waals surface area contributed by atoms with Gasteiger partial charge in [-0.3, -0.25) is 9.59 Å². The van der Waals surface area contributed by atoms with Gasteiger partial charge in [0.2, 0.25) is 0 Å². The predicted octanol–water partition coefficient (Wildman–Crippen LogP) is 10.2. The minimum absolute atomic E-state index is 0.328. The summed E-state index contributed by atoms with van der Waals surface area (Å²) in [6.45, 7) is 1.72. The zero-order valence-electron chi connectivity index (χ0n) is 27.2. The Bertz CT molecular complexity index is 472. The lowest BCUT2D eigenvalue weighted by Gasteiger charge is -2.04. The second-order valence-electron chi connectivity index (χ2n) is 12.1. The highest BCUT2D eigenvalue weighted by Crippen LogP contribution is 2.15. The van der Waals surface area contributed by atoms with Crippen molar-refractivity contribution in [2.45, 2.75) is 199 Å². The molecule has 0 saturated heterocycles. The van der Waals surface area contributed by atoms with Crippen molar-refractivity contribution in [3.63, 3.8) is 0 Å². The first-order valence-corrected chi connectivity index (χ1v) is 17.9. The van der Waals surface area contributed by atoms with Gasteiger partial charge in [-0.05, 0) is 38.8 Å². The van der Waals surface area contributed by atoms with Gasteiger partial charge in [-0.2, -0.15) is 0 Å². The van der Waals surface area contributed by atoms with Crippen molar-refractivity contribution in [2.75, 3.05) is 13.1 Å². The molecule has 6 N–H and O–H groups in total. The number of hydrogen-bond donors (Lipinski definition) is 4. The summed E-state index contributed by atoms with van der Waals surface area (Å²) in [5, 5.41) is 17.1. The highest BCUT2D eigenvalue weighted by molar-refractivity contribution is 5.66. The van der Waals surface area contributed by atoms with Crippen LogP contribution in [0.2, 0.25) is 0 Å². The van der Waals surface area contributed by atoms with Crippen molar-refractivity contribution in [2.24, 2.45) is 11.5 Å². The molecule has 41 heavy (non-hydrogen) atoms. The lowest BCUT2D eigenvalue weighted by atomic mass is 10.0. The number of carbonyl (C=O) groups is 2. The lowest BCUT2D eigenvalue weighted by molar-refractivity contribution is -0.138. The normalized spacial score (nSPS) is 10.9. The number of aliphatic carboxylic acids is 2. The van der Waals surface area contributed by atoms with Gasteiger partial charge in [0.1, 0.15) is 0 Å². The molecule has 0 spiro atoms. The second-order valence-corrected chi connectivity index (χ2v) is 12.1. The highest BCUT2D eigenvalue weighted by atomic mass is 16.4. The smallest absolute Gasteiger partial charge is 0.303 e.